The number of ether oxygens (including phenoxy) is 1. The van der Waals surface area contributed by atoms with E-state index in [0.717, 1.165) is 30.1 Å². The first-order chi connectivity index (χ1) is 8.27. The molecular formula is C14H19NOS. The summed E-state index contributed by atoms with van der Waals surface area (Å²) in [5.74, 6) is 1.79. The van der Waals surface area contributed by atoms with Crippen molar-refractivity contribution in [3.8, 4) is 11.8 Å². The van der Waals surface area contributed by atoms with Crippen LogP contribution in [-0.2, 0) is 0 Å². The van der Waals surface area contributed by atoms with Gasteiger partial charge >= 0.3 is 0 Å². The van der Waals surface area contributed by atoms with Crippen LogP contribution in [0.1, 0.15) is 36.8 Å². The van der Waals surface area contributed by atoms with Crippen molar-refractivity contribution in [3.63, 3.8) is 0 Å². The quantitative estimate of drug-likeness (QED) is 0.590. The predicted molar refractivity (Wildman–Crippen MR) is 73.7 cm³/mol. The third kappa shape index (κ3) is 5.14. The van der Waals surface area contributed by atoms with Crippen LogP contribution in [0.15, 0.2) is 18.2 Å². The summed E-state index contributed by atoms with van der Waals surface area (Å²) in [7, 11) is 0. The number of benzene rings is 1. The Kier molecular flexibility index (Phi) is 6.57. The zero-order valence-corrected chi connectivity index (χ0v) is 11.2. The Labute approximate surface area is 109 Å². The minimum Gasteiger partial charge on any atom is -0.493 e. The number of thiol groups is 1. The molecule has 0 aliphatic carbocycles. The van der Waals surface area contributed by atoms with Crippen LogP contribution in [0.3, 0.4) is 0 Å². The zero-order valence-electron chi connectivity index (χ0n) is 10.3. The summed E-state index contributed by atoms with van der Waals surface area (Å²) in [5, 5.41) is 8.81. The normalized spacial score (nSPS) is 9.94. The smallest absolute Gasteiger partial charge is 0.123 e. The van der Waals surface area contributed by atoms with Gasteiger partial charge in [0, 0.05) is 0 Å². The van der Waals surface area contributed by atoms with Crippen molar-refractivity contribution >= 4 is 12.6 Å². The van der Waals surface area contributed by atoms with Gasteiger partial charge in [0.05, 0.1) is 18.2 Å². The van der Waals surface area contributed by atoms with Crippen molar-refractivity contribution in [3.05, 3.63) is 29.3 Å². The second-order valence-electron chi connectivity index (χ2n) is 4.08. The zero-order chi connectivity index (χ0) is 12.5. The van der Waals surface area contributed by atoms with Gasteiger partial charge in [0.25, 0.3) is 0 Å². The molecule has 0 radical (unpaired) electrons. The highest BCUT2D eigenvalue weighted by Crippen LogP contribution is 2.19. The fourth-order valence-corrected chi connectivity index (χ4v) is 1.80. The van der Waals surface area contributed by atoms with E-state index in [1.54, 1.807) is 0 Å². The lowest BCUT2D eigenvalue weighted by Crippen LogP contribution is -1.99. The number of hydrogen-bond acceptors (Lipinski definition) is 3. The second-order valence-corrected chi connectivity index (χ2v) is 4.53. The van der Waals surface area contributed by atoms with Gasteiger partial charge in [-0.25, -0.2) is 0 Å². The molecule has 0 saturated heterocycles. The number of nitriles is 1. The maximum absolute atomic E-state index is 8.81. The fraction of sp³-hybridized carbons (Fsp3) is 0.500. The Morgan fingerprint density at radius 3 is 2.71 bits per heavy atom. The van der Waals surface area contributed by atoms with Crippen molar-refractivity contribution < 1.29 is 4.74 Å². The van der Waals surface area contributed by atoms with Crippen molar-refractivity contribution in [2.24, 2.45) is 0 Å². The molecule has 0 aliphatic rings. The van der Waals surface area contributed by atoms with Gasteiger partial charge in [0.2, 0.25) is 0 Å². The van der Waals surface area contributed by atoms with Gasteiger partial charge in [-0.3, -0.25) is 0 Å². The Morgan fingerprint density at radius 1 is 1.24 bits per heavy atom. The maximum atomic E-state index is 8.81. The van der Waals surface area contributed by atoms with E-state index in [1.807, 2.05) is 25.1 Å². The van der Waals surface area contributed by atoms with Gasteiger partial charge in [0.1, 0.15) is 5.75 Å². The molecule has 0 N–H and O–H groups in total. The summed E-state index contributed by atoms with van der Waals surface area (Å²) >= 11 is 4.18. The molecule has 0 bridgehead atoms. The number of nitrogens with zero attached hydrogens (tertiary/aromatic N) is 1. The molecule has 2 nitrogen and oxygen atoms in total. The summed E-state index contributed by atoms with van der Waals surface area (Å²) in [6, 6.07) is 7.67. The largest absolute Gasteiger partial charge is 0.493 e. The Bertz CT molecular complexity index is 384. The van der Waals surface area contributed by atoms with E-state index in [0.29, 0.717) is 5.56 Å². The van der Waals surface area contributed by atoms with Gasteiger partial charge in [0.15, 0.2) is 0 Å². The van der Waals surface area contributed by atoms with E-state index < -0.39 is 0 Å². The standard InChI is InChI=1S/C14H19NOS/c1-12-6-7-13(11-15)10-14(12)16-8-4-2-3-5-9-17/h6-7,10,17H,2-5,8-9H2,1H3. The highest BCUT2D eigenvalue weighted by atomic mass is 32.1. The highest BCUT2D eigenvalue weighted by Gasteiger charge is 2.01. The summed E-state index contributed by atoms with van der Waals surface area (Å²) in [5.41, 5.74) is 1.74. The minimum atomic E-state index is 0.653. The van der Waals surface area contributed by atoms with E-state index in [9.17, 15) is 0 Å². The van der Waals surface area contributed by atoms with Gasteiger partial charge in [-0.1, -0.05) is 18.9 Å². The molecule has 0 spiro atoms. The highest BCUT2D eigenvalue weighted by molar-refractivity contribution is 7.80. The molecule has 0 heterocycles. The first-order valence-corrected chi connectivity index (χ1v) is 6.65. The number of rotatable bonds is 7. The lowest BCUT2D eigenvalue weighted by molar-refractivity contribution is 0.303. The molecule has 92 valence electrons. The van der Waals surface area contributed by atoms with Crippen molar-refractivity contribution in [1.29, 1.82) is 5.26 Å². The van der Waals surface area contributed by atoms with Crippen LogP contribution in [0.4, 0.5) is 0 Å². The third-order valence-electron chi connectivity index (χ3n) is 2.63. The Hall–Kier alpha value is -1.14. The summed E-state index contributed by atoms with van der Waals surface area (Å²) in [6.07, 6.45) is 4.62. The number of aryl methyl sites for hydroxylation is 1. The fourth-order valence-electron chi connectivity index (χ4n) is 1.57. The van der Waals surface area contributed by atoms with E-state index in [2.05, 4.69) is 18.7 Å². The van der Waals surface area contributed by atoms with Gasteiger partial charge < -0.3 is 4.74 Å². The van der Waals surface area contributed by atoms with Crippen LogP contribution < -0.4 is 4.74 Å². The molecule has 1 aromatic carbocycles. The van der Waals surface area contributed by atoms with E-state index >= 15 is 0 Å². The minimum absolute atomic E-state index is 0.653. The summed E-state index contributed by atoms with van der Waals surface area (Å²) in [4.78, 5) is 0. The molecule has 1 aromatic rings. The molecule has 0 saturated carbocycles. The average Bonchev–Trinajstić information content (AvgIpc) is 2.35. The van der Waals surface area contributed by atoms with Gasteiger partial charge in [-0.05, 0) is 43.2 Å². The molecule has 17 heavy (non-hydrogen) atoms. The van der Waals surface area contributed by atoms with E-state index in [-0.39, 0.29) is 0 Å². The predicted octanol–water partition coefficient (Wildman–Crippen LogP) is 3.74. The average molecular weight is 249 g/mol. The topological polar surface area (TPSA) is 33.0 Å². The van der Waals surface area contributed by atoms with Crippen molar-refractivity contribution in [1.82, 2.24) is 0 Å². The SMILES string of the molecule is Cc1ccc(C#N)cc1OCCCCCCS. The maximum Gasteiger partial charge on any atom is 0.123 e. The van der Waals surface area contributed by atoms with Crippen LogP contribution >= 0.6 is 12.6 Å². The van der Waals surface area contributed by atoms with E-state index in [1.165, 1.54) is 19.3 Å². The van der Waals surface area contributed by atoms with Crippen LogP contribution in [-0.4, -0.2) is 12.4 Å². The Morgan fingerprint density at radius 2 is 2.00 bits per heavy atom. The van der Waals surface area contributed by atoms with Crippen molar-refractivity contribution in [2.45, 2.75) is 32.6 Å². The molecule has 0 atom stereocenters. The van der Waals surface area contributed by atoms with Gasteiger partial charge in [-0.2, -0.15) is 17.9 Å². The summed E-state index contributed by atoms with van der Waals surface area (Å²) in [6.45, 7) is 2.72. The first-order valence-electron chi connectivity index (χ1n) is 6.02. The molecule has 0 amide bonds. The van der Waals surface area contributed by atoms with Crippen LogP contribution in [0, 0.1) is 18.3 Å². The molecule has 0 unspecified atom stereocenters. The number of hydrogen-bond donors (Lipinski definition) is 1. The third-order valence-corrected chi connectivity index (χ3v) is 2.94. The first kappa shape index (κ1) is 13.9. The van der Waals surface area contributed by atoms with Crippen LogP contribution in [0.25, 0.3) is 0 Å². The van der Waals surface area contributed by atoms with E-state index in [4.69, 9.17) is 10.00 Å². The molecule has 1 rings (SSSR count). The van der Waals surface area contributed by atoms with Crippen LogP contribution in [0.5, 0.6) is 5.75 Å². The monoisotopic (exact) mass is 249 g/mol. The van der Waals surface area contributed by atoms with Crippen LogP contribution in [0.2, 0.25) is 0 Å². The summed E-state index contributed by atoms with van der Waals surface area (Å²) < 4.78 is 5.69. The van der Waals surface area contributed by atoms with Crippen molar-refractivity contribution in [2.75, 3.05) is 12.4 Å². The Balaban J connectivity index is 2.33. The molecule has 3 heteroatoms. The molecular weight excluding hydrogens is 230 g/mol. The van der Waals surface area contributed by atoms with Gasteiger partial charge in [-0.15, -0.1) is 0 Å². The second kappa shape index (κ2) is 8.03. The lowest BCUT2D eigenvalue weighted by Gasteiger charge is -2.09. The molecule has 0 fully saturated rings. The molecule has 0 aromatic heterocycles. The lowest BCUT2D eigenvalue weighted by atomic mass is 10.1. The number of unbranched alkanes of at least 4 members (excludes halogenated alkanes) is 3. The molecule has 0 aliphatic heterocycles.